The third-order valence-corrected chi connectivity index (χ3v) is 5.19. The molecule has 1 amide bonds. The highest BCUT2D eigenvalue weighted by Gasteiger charge is 2.36. The van der Waals surface area contributed by atoms with Crippen molar-refractivity contribution in [3.05, 3.63) is 53.2 Å². The second-order valence-electron chi connectivity index (χ2n) is 6.50. The molecule has 0 bridgehead atoms. The van der Waals surface area contributed by atoms with E-state index in [0.717, 1.165) is 16.9 Å². The number of hydrogen-bond acceptors (Lipinski definition) is 5. The van der Waals surface area contributed by atoms with Crippen LogP contribution in [0.4, 0.5) is 5.69 Å². The van der Waals surface area contributed by atoms with Gasteiger partial charge in [0.2, 0.25) is 0 Å². The van der Waals surface area contributed by atoms with Crippen LogP contribution in [-0.4, -0.2) is 43.8 Å². The van der Waals surface area contributed by atoms with Gasteiger partial charge in [0.25, 0.3) is 5.91 Å². The number of amides is 1. The lowest BCUT2D eigenvalue weighted by molar-refractivity contribution is -0.114. The zero-order valence-electron chi connectivity index (χ0n) is 17.2. The molecule has 0 N–H and O–H groups in total. The average molecular weight is 413 g/mol. The Morgan fingerprint density at radius 1 is 1.07 bits per heavy atom. The van der Waals surface area contributed by atoms with Gasteiger partial charge in [-0.15, -0.1) is 0 Å². The van der Waals surface area contributed by atoms with Gasteiger partial charge in [0, 0.05) is 7.05 Å². The molecule has 1 fully saturated rings. The van der Waals surface area contributed by atoms with Gasteiger partial charge in [-0.3, -0.25) is 9.69 Å². The fourth-order valence-electron chi connectivity index (χ4n) is 3.14. The first-order valence-corrected chi connectivity index (χ1v) is 9.61. The number of anilines is 1. The van der Waals surface area contributed by atoms with E-state index in [1.54, 1.807) is 26.2 Å². The van der Waals surface area contributed by atoms with Crippen molar-refractivity contribution < 1.29 is 19.0 Å². The lowest BCUT2D eigenvalue weighted by Crippen LogP contribution is -2.31. The highest BCUT2D eigenvalue weighted by molar-refractivity contribution is 7.80. The van der Waals surface area contributed by atoms with Gasteiger partial charge in [0.15, 0.2) is 16.6 Å². The maximum Gasteiger partial charge on any atom is 0.281 e. The SMILES string of the molecule is CCOc1ccc(N2C(=O)/C(=C/c3cc(OC)c(OC)cc3C)N(C)C2=S)cc1. The molecule has 7 heteroatoms. The molecule has 3 rings (SSSR count). The molecule has 0 aliphatic carbocycles. The lowest BCUT2D eigenvalue weighted by Gasteiger charge is -2.16. The standard InChI is InChI=1S/C22H24N2O4S/c1-6-28-17-9-7-16(8-10-17)24-21(25)18(23(3)22(24)29)12-15-13-20(27-5)19(26-4)11-14(15)2/h7-13H,6H2,1-5H3/b18-12-. The second-order valence-corrected chi connectivity index (χ2v) is 6.87. The van der Waals surface area contributed by atoms with E-state index in [9.17, 15) is 4.79 Å². The summed E-state index contributed by atoms with van der Waals surface area (Å²) in [6, 6.07) is 11.0. The van der Waals surface area contributed by atoms with Crippen LogP contribution < -0.4 is 19.1 Å². The van der Waals surface area contributed by atoms with Crippen molar-refractivity contribution >= 4 is 35.0 Å². The maximum absolute atomic E-state index is 13.2. The fourth-order valence-corrected chi connectivity index (χ4v) is 3.43. The predicted octanol–water partition coefficient (Wildman–Crippen LogP) is 4.02. The Labute approximate surface area is 176 Å². The Hall–Kier alpha value is -3.06. The van der Waals surface area contributed by atoms with Crippen molar-refractivity contribution in [3.8, 4) is 17.2 Å². The molecule has 1 saturated heterocycles. The number of thiocarbonyl (C=S) groups is 1. The smallest absolute Gasteiger partial charge is 0.281 e. The molecule has 0 saturated carbocycles. The number of nitrogens with zero attached hydrogens (tertiary/aromatic N) is 2. The number of aryl methyl sites for hydroxylation is 1. The van der Waals surface area contributed by atoms with Gasteiger partial charge in [0.1, 0.15) is 11.4 Å². The Bertz CT molecular complexity index is 970. The first-order chi connectivity index (χ1) is 13.9. The molecular formula is C22H24N2O4S. The van der Waals surface area contributed by atoms with E-state index in [2.05, 4.69) is 0 Å². The number of benzene rings is 2. The minimum absolute atomic E-state index is 0.184. The van der Waals surface area contributed by atoms with E-state index in [0.29, 0.717) is 34.6 Å². The predicted molar refractivity (Wildman–Crippen MR) is 118 cm³/mol. The summed E-state index contributed by atoms with van der Waals surface area (Å²) in [5, 5.41) is 0.420. The van der Waals surface area contributed by atoms with Crippen LogP contribution in [-0.2, 0) is 4.79 Å². The van der Waals surface area contributed by atoms with Gasteiger partial charge < -0.3 is 19.1 Å². The Balaban J connectivity index is 1.97. The van der Waals surface area contributed by atoms with Gasteiger partial charge in [-0.2, -0.15) is 0 Å². The van der Waals surface area contributed by atoms with E-state index in [-0.39, 0.29) is 5.91 Å². The first kappa shape index (κ1) is 20.7. The van der Waals surface area contributed by atoms with Crippen LogP contribution in [0.2, 0.25) is 0 Å². The zero-order chi connectivity index (χ0) is 21.1. The van der Waals surface area contributed by atoms with Crippen molar-refractivity contribution in [1.29, 1.82) is 0 Å². The summed E-state index contributed by atoms with van der Waals surface area (Å²) < 4.78 is 16.2. The summed E-state index contributed by atoms with van der Waals surface area (Å²) in [6.07, 6.45) is 1.82. The minimum Gasteiger partial charge on any atom is -0.494 e. The van der Waals surface area contributed by atoms with Crippen LogP contribution in [0.15, 0.2) is 42.1 Å². The van der Waals surface area contributed by atoms with Crippen molar-refractivity contribution in [1.82, 2.24) is 4.90 Å². The van der Waals surface area contributed by atoms with Crippen molar-refractivity contribution in [3.63, 3.8) is 0 Å². The Kier molecular flexibility index (Phi) is 6.08. The molecule has 0 spiro atoms. The Morgan fingerprint density at radius 2 is 1.69 bits per heavy atom. The van der Waals surface area contributed by atoms with Crippen LogP contribution in [0.25, 0.3) is 6.08 Å². The van der Waals surface area contributed by atoms with Crippen molar-refractivity contribution in [2.24, 2.45) is 0 Å². The largest absolute Gasteiger partial charge is 0.494 e. The molecule has 0 unspecified atom stereocenters. The quantitative estimate of drug-likeness (QED) is 0.528. The van der Waals surface area contributed by atoms with Crippen molar-refractivity contribution in [2.45, 2.75) is 13.8 Å². The van der Waals surface area contributed by atoms with Gasteiger partial charge in [-0.1, -0.05) is 0 Å². The molecule has 0 atom stereocenters. The molecule has 6 nitrogen and oxygen atoms in total. The number of rotatable bonds is 6. The number of likely N-dealkylation sites (N-methyl/N-ethyl adjacent to an activating group) is 1. The average Bonchev–Trinajstić information content (AvgIpc) is 2.93. The molecule has 1 heterocycles. The zero-order valence-corrected chi connectivity index (χ0v) is 18.0. The number of methoxy groups -OCH3 is 2. The first-order valence-electron chi connectivity index (χ1n) is 9.20. The summed E-state index contributed by atoms with van der Waals surface area (Å²) in [5.74, 6) is 1.81. The van der Waals surface area contributed by atoms with E-state index < -0.39 is 0 Å². The maximum atomic E-state index is 13.2. The topological polar surface area (TPSA) is 51.2 Å². The summed E-state index contributed by atoms with van der Waals surface area (Å²) in [5.41, 5.74) is 3.00. The molecular weight excluding hydrogens is 388 g/mol. The van der Waals surface area contributed by atoms with E-state index in [1.807, 2.05) is 56.3 Å². The summed E-state index contributed by atoms with van der Waals surface area (Å²) >= 11 is 5.53. The lowest BCUT2D eigenvalue weighted by atomic mass is 10.1. The molecule has 1 aliphatic heterocycles. The van der Waals surface area contributed by atoms with Gasteiger partial charge in [-0.05, 0) is 79.7 Å². The van der Waals surface area contributed by atoms with E-state index >= 15 is 0 Å². The fraction of sp³-hybridized carbons (Fsp3) is 0.273. The monoisotopic (exact) mass is 412 g/mol. The highest BCUT2D eigenvalue weighted by Crippen LogP contribution is 2.33. The summed E-state index contributed by atoms with van der Waals surface area (Å²) in [4.78, 5) is 16.4. The number of hydrogen-bond donors (Lipinski definition) is 0. The normalized spacial score (nSPS) is 15.3. The van der Waals surface area contributed by atoms with E-state index in [1.165, 1.54) is 4.90 Å². The summed E-state index contributed by atoms with van der Waals surface area (Å²) in [6.45, 7) is 4.46. The second kappa shape index (κ2) is 8.53. The van der Waals surface area contributed by atoms with Crippen LogP contribution in [0.1, 0.15) is 18.1 Å². The minimum atomic E-state index is -0.184. The molecule has 2 aromatic rings. The summed E-state index contributed by atoms with van der Waals surface area (Å²) in [7, 11) is 4.97. The van der Waals surface area contributed by atoms with Crippen LogP contribution in [0.3, 0.4) is 0 Å². The molecule has 29 heavy (non-hydrogen) atoms. The molecule has 152 valence electrons. The van der Waals surface area contributed by atoms with Crippen LogP contribution in [0.5, 0.6) is 17.2 Å². The van der Waals surface area contributed by atoms with Gasteiger partial charge >= 0.3 is 0 Å². The number of carbonyl (C=O) groups excluding carboxylic acids is 1. The highest BCUT2D eigenvalue weighted by atomic mass is 32.1. The molecule has 0 aromatic heterocycles. The van der Waals surface area contributed by atoms with Gasteiger partial charge in [-0.25, -0.2) is 0 Å². The van der Waals surface area contributed by atoms with Gasteiger partial charge in [0.05, 0.1) is 26.5 Å². The number of ether oxygens (including phenoxy) is 3. The molecule has 1 aliphatic rings. The van der Waals surface area contributed by atoms with Crippen LogP contribution in [0, 0.1) is 6.92 Å². The van der Waals surface area contributed by atoms with E-state index in [4.69, 9.17) is 26.4 Å². The van der Waals surface area contributed by atoms with Crippen LogP contribution >= 0.6 is 12.2 Å². The molecule has 2 aromatic carbocycles. The Morgan fingerprint density at radius 3 is 2.28 bits per heavy atom. The number of carbonyl (C=O) groups is 1. The third kappa shape index (κ3) is 3.91. The third-order valence-electron chi connectivity index (χ3n) is 4.73. The van der Waals surface area contributed by atoms with Crippen molar-refractivity contribution in [2.75, 3.05) is 32.8 Å². The molecule has 0 radical (unpaired) electrons.